The van der Waals surface area contributed by atoms with Gasteiger partial charge >= 0.3 is 0 Å². The van der Waals surface area contributed by atoms with Crippen LogP contribution in [0.25, 0.3) is 0 Å². The third-order valence-electron chi connectivity index (χ3n) is 3.10. The molecule has 0 aromatic carbocycles. The quantitative estimate of drug-likeness (QED) is 0.862. The molecular weight excluding hydrogens is 234 g/mol. The summed E-state index contributed by atoms with van der Waals surface area (Å²) in [5.74, 6) is 0. The van der Waals surface area contributed by atoms with E-state index in [-0.39, 0.29) is 0 Å². The van der Waals surface area contributed by atoms with E-state index in [0.29, 0.717) is 6.04 Å². The van der Waals surface area contributed by atoms with Crippen LogP contribution in [0.2, 0.25) is 0 Å². The summed E-state index contributed by atoms with van der Waals surface area (Å²) in [5, 5.41) is 3.59. The lowest BCUT2D eigenvalue weighted by atomic mass is 10.0. The van der Waals surface area contributed by atoms with Gasteiger partial charge in [0.15, 0.2) is 0 Å². The van der Waals surface area contributed by atoms with E-state index < -0.39 is 0 Å². The molecule has 2 rings (SSSR count). The Morgan fingerprint density at radius 3 is 2.74 bits per heavy atom. The van der Waals surface area contributed by atoms with Crippen molar-refractivity contribution in [2.75, 3.05) is 6.54 Å². The molecule has 2 aromatic heterocycles. The molecule has 19 heavy (non-hydrogen) atoms. The number of hydrogen-bond donors (Lipinski definition) is 1. The number of aryl methyl sites for hydroxylation is 1. The second kappa shape index (κ2) is 7.00. The van der Waals surface area contributed by atoms with Crippen LogP contribution >= 0.6 is 0 Å². The summed E-state index contributed by atoms with van der Waals surface area (Å²) in [5.41, 5.74) is 3.46. The maximum Gasteiger partial charge on any atom is 0.0422 e. The fourth-order valence-corrected chi connectivity index (χ4v) is 2.14. The van der Waals surface area contributed by atoms with Crippen LogP contribution in [0.5, 0.6) is 0 Å². The number of pyridine rings is 2. The summed E-state index contributed by atoms with van der Waals surface area (Å²) in [6, 6.07) is 10.6. The standard InChI is InChI=1S/C16H21N3/c1-3-8-19-16(12-15-6-4-5-9-18-15)14-7-10-17-13(2)11-14/h4-7,9-11,16,19H,3,8,12H2,1-2H3. The first-order valence-corrected chi connectivity index (χ1v) is 6.85. The topological polar surface area (TPSA) is 37.8 Å². The monoisotopic (exact) mass is 255 g/mol. The molecule has 2 heterocycles. The largest absolute Gasteiger partial charge is 0.310 e. The Labute approximate surface area is 115 Å². The van der Waals surface area contributed by atoms with Crippen LogP contribution in [0.3, 0.4) is 0 Å². The summed E-state index contributed by atoms with van der Waals surface area (Å²) in [6.45, 7) is 5.22. The first-order chi connectivity index (χ1) is 9.29. The van der Waals surface area contributed by atoms with E-state index in [0.717, 1.165) is 30.8 Å². The minimum atomic E-state index is 0.302. The highest BCUT2D eigenvalue weighted by atomic mass is 14.9. The molecule has 1 N–H and O–H groups in total. The molecule has 0 aliphatic carbocycles. The van der Waals surface area contributed by atoms with Gasteiger partial charge in [-0.2, -0.15) is 0 Å². The molecule has 2 aromatic rings. The van der Waals surface area contributed by atoms with Crippen LogP contribution in [0.1, 0.15) is 36.3 Å². The SMILES string of the molecule is CCCNC(Cc1ccccn1)c1ccnc(C)c1. The van der Waals surface area contributed by atoms with Crippen molar-refractivity contribution in [1.29, 1.82) is 0 Å². The van der Waals surface area contributed by atoms with E-state index in [2.05, 4.69) is 40.4 Å². The van der Waals surface area contributed by atoms with Crippen molar-refractivity contribution < 1.29 is 0 Å². The first-order valence-electron chi connectivity index (χ1n) is 6.85. The van der Waals surface area contributed by atoms with Crippen molar-refractivity contribution in [2.24, 2.45) is 0 Å². The molecule has 0 fully saturated rings. The van der Waals surface area contributed by atoms with Gasteiger partial charge in [-0.25, -0.2) is 0 Å². The predicted octanol–water partition coefficient (Wildman–Crippen LogP) is 3.07. The summed E-state index contributed by atoms with van der Waals surface area (Å²) in [4.78, 5) is 8.69. The normalized spacial score (nSPS) is 12.3. The molecule has 0 radical (unpaired) electrons. The first kappa shape index (κ1) is 13.7. The van der Waals surface area contributed by atoms with Crippen molar-refractivity contribution in [3.8, 4) is 0 Å². The van der Waals surface area contributed by atoms with E-state index in [1.165, 1.54) is 5.56 Å². The van der Waals surface area contributed by atoms with Crippen LogP contribution in [-0.4, -0.2) is 16.5 Å². The molecule has 0 bridgehead atoms. The smallest absolute Gasteiger partial charge is 0.0422 e. The highest BCUT2D eigenvalue weighted by Gasteiger charge is 2.12. The van der Waals surface area contributed by atoms with Crippen molar-refractivity contribution >= 4 is 0 Å². The number of aromatic nitrogens is 2. The summed E-state index contributed by atoms with van der Waals surface area (Å²) in [7, 11) is 0. The third kappa shape index (κ3) is 4.14. The van der Waals surface area contributed by atoms with E-state index in [1.807, 2.05) is 31.5 Å². The van der Waals surface area contributed by atoms with Crippen LogP contribution in [0.4, 0.5) is 0 Å². The van der Waals surface area contributed by atoms with E-state index >= 15 is 0 Å². The Balaban J connectivity index is 2.16. The minimum absolute atomic E-state index is 0.302. The number of nitrogens with zero attached hydrogens (tertiary/aromatic N) is 2. The average molecular weight is 255 g/mol. The van der Waals surface area contributed by atoms with E-state index in [4.69, 9.17) is 0 Å². The van der Waals surface area contributed by atoms with Gasteiger partial charge < -0.3 is 5.32 Å². The van der Waals surface area contributed by atoms with Crippen molar-refractivity contribution in [2.45, 2.75) is 32.7 Å². The Morgan fingerprint density at radius 1 is 1.16 bits per heavy atom. The van der Waals surface area contributed by atoms with Gasteiger partial charge in [0.25, 0.3) is 0 Å². The van der Waals surface area contributed by atoms with Crippen LogP contribution in [0, 0.1) is 6.92 Å². The molecule has 0 saturated carbocycles. The molecule has 3 nitrogen and oxygen atoms in total. The average Bonchev–Trinajstić information content (AvgIpc) is 2.44. The van der Waals surface area contributed by atoms with Crippen molar-refractivity contribution in [3.63, 3.8) is 0 Å². The Bertz CT molecular complexity index is 496. The fourth-order valence-electron chi connectivity index (χ4n) is 2.14. The van der Waals surface area contributed by atoms with Crippen molar-refractivity contribution in [3.05, 3.63) is 59.7 Å². The molecule has 0 aliphatic rings. The maximum atomic E-state index is 4.42. The highest BCUT2D eigenvalue weighted by Crippen LogP contribution is 2.17. The van der Waals surface area contributed by atoms with Crippen molar-refractivity contribution in [1.82, 2.24) is 15.3 Å². The van der Waals surface area contributed by atoms with Gasteiger partial charge in [0.05, 0.1) is 0 Å². The lowest BCUT2D eigenvalue weighted by molar-refractivity contribution is 0.523. The molecule has 0 spiro atoms. The Morgan fingerprint density at radius 2 is 2.05 bits per heavy atom. The molecule has 0 aliphatic heterocycles. The Kier molecular flexibility index (Phi) is 5.04. The predicted molar refractivity (Wildman–Crippen MR) is 77.9 cm³/mol. The lowest BCUT2D eigenvalue weighted by Crippen LogP contribution is -2.24. The van der Waals surface area contributed by atoms with Gasteiger partial charge in [-0.3, -0.25) is 9.97 Å². The molecule has 3 heteroatoms. The zero-order chi connectivity index (χ0) is 13.5. The molecule has 1 unspecified atom stereocenters. The van der Waals surface area contributed by atoms with E-state index in [1.54, 1.807) is 0 Å². The second-order valence-corrected chi connectivity index (χ2v) is 4.76. The van der Waals surface area contributed by atoms with Crippen LogP contribution in [-0.2, 0) is 6.42 Å². The van der Waals surface area contributed by atoms with Gasteiger partial charge in [-0.15, -0.1) is 0 Å². The summed E-state index contributed by atoms with van der Waals surface area (Å²) in [6.07, 6.45) is 5.76. The molecule has 0 saturated heterocycles. The number of nitrogens with one attached hydrogen (secondary N) is 1. The Hall–Kier alpha value is -1.74. The lowest BCUT2D eigenvalue weighted by Gasteiger charge is -2.19. The zero-order valence-electron chi connectivity index (χ0n) is 11.6. The molecule has 0 amide bonds. The van der Waals surface area contributed by atoms with Crippen LogP contribution < -0.4 is 5.32 Å². The zero-order valence-corrected chi connectivity index (χ0v) is 11.6. The molecular formula is C16H21N3. The third-order valence-corrected chi connectivity index (χ3v) is 3.10. The molecule has 100 valence electrons. The number of rotatable bonds is 6. The van der Waals surface area contributed by atoms with Crippen LogP contribution in [0.15, 0.2) is 42.7 Å². The maximum absolute atomic E-state index is 4.42. The van der Waals surface area contributed by atoms with Gasteiger partial charge in [0.2, 0.25) is 0 Å². The second-order valence-electron chi connectivity index (χ2n) is 4.76. The van der Waals surface area contributed by atoms with Gasteiger partial charge in [0.1, 0.15) is 0 Å². The van der Waals surface area contributed by atoms with Gasteiger partial charge in [0, 0.05) is 36.2 Å². The fraction of sp³-hybridized carbons (Fsp3) is 0.375. The number of hydrogen-bond acceptors (Lipinski definition) is 3. The van der Waals surface area contributed by atoms with Gasteiger partial charge in [-0.05, 0) is 49.7 Å². The molecule has 1 atom stereocenters. The van der Waals surface area contributed by atoms with E-state index in [9.17, 15) is 0 Å². The highest BCUT2D eigenvalue weighted by molar-refractivity contribution is 5.21. The minimum Gasteiger partial charge on any atom is -0.310 e. The summed E-state index contributed by atoms with van der Waals surface area (Å²) >= 11 is 0. The van der Waals surface area contributed by atoms with Gasteiger partial charge in [-0.1, -0.05) is 13.0 Å². The summed E-state index contributed by atoms with van der Waals surface area (Å²) < 4.78 is 0.